The predicted molar refractivity (Wildman–Crippen MR) is 77.5 cm³/mol. The van der Waals surface area contributed by atoms with Crippen molar-refractivity contribution in [2.75, 3.05) is 4.72 Å². The molecular weight excluding hydrogens is 333 g/mol. The van der Waals surface area contributed by atoms with Crippen LogP contribution < -0.4 is 4.72 Å². The zero-order valence-corrected chi connectivity index (χ0v) is 13.0. The lowest BCUT2D eigenvalue weighted by Gasteiger charge is -2.07. The van der Waals surface area contributed by atoms with Crippen molar-refractivity contribution in [2.24, 2.45) is 0 Å². The van der Waals surface area contributed by atoms with Crippen molar-refractivity contribution in [3.63, 3.8) is 0 Å². The van der Waals surface area contributed by atoms with E-state index in [1.165, 1.54) is 30.3 Å². The third-order valence-corrected chi connectivity index (χ3v) is 4.40. The van der Waals surface area contributed by atoms with E-state index in [9.17, 15) is 21.6 Å². The number of alkyl halides is 3. The molecule has 0 aliphatic rings. The zero-order chi connectivity index (χ0) is 17.1. The Labute approximate surface area is 131 Å². The van der Waals surface area contributed by atoms with Crippen LogP contribution in [0.2, 0.25) is 0 Å². The molecule has 0 saturated carbocycles. The number of halogens is 3. The van der Waals surface area contributed by atoms with E-state index in [4.69, 9.17) is 4.52 Å². The van der Waals surface area contributed by atoms with Crippen molar-refractivity contribution >= 4 is 15.8 Å². The van der Waals surface area contributed by atoms with Gasteiger partial charge in [-0.05, 0) is 37.5 Å². The van der Waals surface area contributed by atoms with Gasteiger partial charge in [-0.25, -0.2) is 8.42 Å². The van der Waals surface area contributed by atoms with Crippen molar-refractivity contribution < 1.29 is 26.1 Å². The van der Waals surface area contributed by atoms with Crippen LogP contribution >= 0.6 is 0 Å². The predicted octanol–water partition coefficient (Wildman–Crippen LogP) is 3.67. The van der Waals surface area contributed by atoms with E-state index < -0.39 is 22.6 Å². The largest absolute Gasteiger partial charge is 0.389 e. The van der Waals surface area contributed by atoms with Gasteiger partial charge in [0.05, 0.1) is 4.90 Å². The second-order valence-corrected chi connectivity index (χ2v) is 6.72. The molecule has 1 N–H and O–H groups in total. The van der Waals surface area contributed by atoms with Gasteiger partial charge in [-0.2, -0.15) is 13.2 Å². The van der Waals surface area contributed by atoms with Gasteiger partial charge < -0.3 is 4.52 Å². The fourth-order valence-corrected chi connectivity index (χ4v) is 2.92. The maximum Gasteiger partial charge on any atom is 0.389 e. The van der Waals surface area contributed by atoms with E-state index in [1.54, 1.807) is 6.92 Å². The number of anilines is 1. The summed E-state index contributed by atoms with van der Waals surface area (Å²) in [7, 11) is -3.81. The van der Waals surface area contributed by atoms with E-state index in [0.717, 1.165) is 0 Å². The fraction of sp³-hybridized carbons (Fsp3) is 0.357. The van der Waals surface area contributed by atoms with Gasteiger partial charge >= 0.3 is 6.18 Å². The van der Waals surface area contributed by atoms with Crippen LogP contribution in [-0.4, -0.2) is 19.8 Å². The van der Waals surface area contributed by atoms with E-state index in [0.29, 0.717) is 11.3 Å². The zero-order valence-electron chi connectivity index (χ0n) is 12.2. The van der Waals surface area contributed by atoms with Crippen LogP contribution in [0.15, 0.2) is 39.8 Å². The topological polar surface area (TPSA) is 72.2 Å². The summed E-state index contributed by atoms with van der Waals surface area (Å²) >= 11 is 0. The van der Waals surface area contributed by atoms with Crippen LogP contribution in [0.3, 0.4) is 0 Å². The highest BCUT2D eigenvalue weighted by Gasteiger charge is 2.26. The minimum Gasteiger partial charge on any atom is -0.360 e. The molecular formula is C14H15F3N2O3S. The summed E-state index contributed by atoms with van der Waals surface area (Å²) in [6, 6.07) is 7.12. The van der Waals surface area contributed by atoms with Crippen molar-refractivity contribution in [2.45, 2.75) is 37.3 Å². The number of nitrogens with zero attached hydrogens (tertiary/aromatic N) is 1. The summed E-state index contributed by atoms with van der Waals surface area (Å²) in [6.45, 7) is 1.63. The van der Waals surface area contributed by atoms with Gasteiger partial charge in [-0.3, -0.25) is 4.72 Å². The summed E-state index contributed by atoms with van der Waals surface area (Å²) in [4.78, 5) is -0.00211. The first-order chi connectivity index (χ1) is 10.7. The van der Waals surface area contributed by atoms with Crippen LogP contribution in [0.4, 0.5) is 19.0 Å². The molecule has 0 bridgehead atoms. The van der Waals surface area contributed by atoms with Gasteiger partial charge in [0.15, 0.2) is 5.82 Å². The molecule has 0 saturated heterocycles. The molecule has 0 radical (unpaired) electrons. The number of benzene rings is 1. The number of hydrogen-bond acceptors (Lipinski definition) is 4. The molecule has 0 fully saturated rings. The van der Waals surface area contributed by atoms with Gasteiger partial charge in [-0.1, -0.05) is 17.3 Å². The van der Waals surface area contributed by atoms with E-state index in [1.807, 2.05) is 0 Å². The van der Waals surface area contributed by atoms with Crippen molar-refractivity contribution in [1.29, 1.82) is 0 Å². The minimum absolute atomic E-state index is 0.00211. The third kappa shape index (κ3) is 5.27. The number of aromatic nitrogens is 1. The van der Waals surface area contributed by atoms with Gasteiger partial charge in [-0.15, -0.1) is 0 Å². The van der Waals surface area contributed by atoms with E-state index >= 15 is 0 Å². The molecule has 0 atom stereocenters. The van der Waals surface area contributed by atoms with Gasteiger partial charge in [0.25, 0.3) is 10.0 Å². The monoisotopic (exact) mass is 348 g/mol. The van der Waals surface area contributed by atoms with Crippen molar-refractivity contribution in [3.8, 4) is 0 Å². The molecule has 5 nitrogen and oxygen atoms in total. The second-order valence-electron chi connectivity index (χ2n) is 5.04. The molecule has 2 rings (SSSR count). The molecule has 1 aromatic heterocycles. The lowest BCUT2D eigenvalue weighted by molar-refractivity contribution is -0.135. The molecule has 0 amide bonds. The Kier molecular flexibility index (Phi) is 4.98. The Morgan fingerprint density at radius 2 is 1.87 bits per heavy atom. The smallest absolute Gasteiger partial charge is 0.360 e. The van der Waals surface area contributed by atoms with E-state index in [-0.39, 0.29) is 23.6 Å². The summed E-state index contributed by atoms with van der Waals surface area (Å²) in [5.74, 6) is 0.527. The van der Waals surface area contributed by atoms with Crippen LogP contribution in [-0.2, 0) is 16.4 Å². The molecule has 0 unspecified atom stereocenters. The molecule has 23 heavy (non-hydrogen) atoms. The normalized spacial score (nSPS) is 12.3. The second kappa shape index (κ2) is 6.61. The van der Waals surface area contributed by atoms with Crippen molar-refractivity contribution in [3.05, 3.63) is 41.7 Å². The quantitative estimate of drug-likeness (QED) is 0.864. The Hall–Kier alpha value is -2.03. The summed E-state index contributed by atoms with van der Waals surface area (Å²) < 4.78 is 67.5. The average Bonchev–Trinajstić information content (AvgIpc) is 2.82. The average molecular weight is 348 g/mol. The Bertz CT molecular complexity index is 752. The Morgan fingerprint density at radius 3 is 2.39 bits per heavy atom. The lowest BCUT2D eigenvalue weighted by Crippen LogP contribution is -2.13. The molecule has 0 aliphatic heterocycles. The Balaban J connectivity index is 2.00. The number of nitrogens with one attached hydrogen (secondary N) is 1. The molecule has 0 spiro atoms. The maximum absolute atomic E-state index is 12.1. The summed E-state index contributed by atoms with van der Waals surface area (Å²) in [5.41, 5.74) is 0.644. The summed E-state index contributed by atoms with van der Waals surface area (Å²) in [6.07, 6.45) is -4.84. The van der Waals surface area contributed by atoms with Gasteiger partial charge in [0.2, 0.25) is 0 Å². The van der Waals surface area contributed by atoms with E-state index in [2.05, 4.69) is 9.88 Å². The number of aryl methyl sites for hydroxylation is 2. The molecule has 1 heterocycles. The standard InChI is InChI=1S/C14H15F3N2O3S/c1-10-9-13(18-22-10)19-23(20,21)12-6-4-11(5-7-12)3-2-8-14(15,16)17/h4-7,9H,2-3,8H2,1H3,(H,18,19). The van der Waals surface area contributed by atoms with Crippen LogP contribution in [0.1, 0.15) is 24.2 Å². The third-order valence-electron chi connectivity index (χ3n) is 3.03. The number of rotatable bonds is 6. The molecule has 9 heteroatoms. The first-order valence-corrected chi connectivity index (χ1v) is 8.26. The molecule has 1 aromatic carbocycles. The maximum atomic E-state index is 12.1. The van der Waals surface area contributed by atoms with Crippen molar-refractivity contribution in [1.82, 2.24) is 5.16 Å². The summed E-state index contributed by atoms with van der Waals surface area (Å²) in [5, 5.41) is 3.54. The van der Waals surface area contributed by atoms with Crippen LogP contribution in [0.5, 0.6) is 0 Å². The number of hydrogen-bond donors (Lipinski definition) is 1. The van der Waals surface area contributed by atoms with Crippen LogP contribution in [0, 0.1) is 6.92 Å². The first-order valence-electron chi connectivity index (χ1n) is 6.77. The lowest BCUT2D eigenvalue weighted by atomic mass is 10.1. The Morgan fingerprint density at radius 1 is 1.22 bits per heavy atom. The highest BCUT2D eigenvalue weighted by atomic mass is 32.2. The molecule has 0 aliphatic carbocycles. The minimum atomic E-state index is -4.18. The first kappa shape index (κ1) is 17.3. The molecule has 126 valence electrons. The highest BCUT2D eigenvalue weighted by molar-refractivity contribution is 7.92. The highest BCUT2D eigenvalue weighted by Crippen LogP contribution is 2.23. The van der Waals surface area contributed by atoms with Gasteiger partial charge in [0, 0.05) is 12.5 Å². The fourth-order valence-electron chi connectivity index (χ4n) is 1.94. The SMILES string of the molecule is Cc1cc(NS(=O)(=O)c2ccc(CCCC(F)(F)F)cc2)no1. The van der Waals surface area contributed by atoms with Crippen LogP contribution in [0.25, 0.3) is 0 Å². The molecule has 2 aromatic rings. The van der Waals surface area contributed by atoms with Gasteiger partial charge in [0.1, 0.15) is 5.76 Å². The number of sulfonamides is 1.